The van der Waals surface area contributed by atoms with Gasteiger partial charge in [0, 0.05) is 12.0 Å². The van der Waals surface area contributed by atoms with E-state index in [4.69, 9.17) is 4.74 Å². The van der Waals surface area contributed by atoms with Gasteiger partial charge in [-0.1, -0.05) is 24.3 Å². The van der Waals surface area contributed by atoms with Gasteiger partial charge in [-0.05, 0) is 51.7 Å². The molecule has 21 heavy (non-hydrogen) atoms. The van der Waals surface area contributed by atoms with Crippen LogP contribution in [0, 0.1) is 5.82 Å². The predicted molar refractivity (Wildman–Crippen MR) is 81.9 cm³/mol. The lowest BCUT2D eigenvalue weighted by atomic mass is 9.93. The minimum absolute atomic E-state index is 0.0441. The number of carbonyl (C=O) groups excluding carboxylic acids is 1. The monoisotopic (exact) mass is 348 g/mol. The van der Waals surface area contributed by atoms with Gasteiger partial charge in [0.15, 0.2) is 5.78 Å². The van der Waals surface area contributed by atoms with E-state index in [-0.39, 0.29) is 24.1 Å². The number of carbonyl (C=O) groups is 1. The van der Waals surface area contributed by atoms with Crippen molar-refractivity contribution in [3.8, 4) is 0 Å². The first-order chi connectivity index (χ1) is 10.1. The number of benzene rings is 2. The summed E-state index contributed by atoms with van der Waals surface area (Å²) in [4.78, 5) is 12.4. The van der Waals surface area contributed by atoms with E-state index in [1.807, 2.05) is 18.2 Å². The summed E-state index contributed by atoms with van der Waals surface area (Å²) in [7, 11) is 0. The maximum absolute atomic E-state index is 13.2. The van der Waals surface area contributed by atoms with Crippen molar-refractivity contribution in [2.45, 2.75) is 18.9 Å². The molecule has 1 aliphatic heterocycles. The summed E-state index contributed by atoms with van der Waals surface area (Å²) in [6.45, 7) is 0.627. The fourth-order valence-corrected chi connectivity index (χ4v) is 2.98. The van der Waals surface area contributed by atoms with Crippen molar-refractivity contribution in [3.05, 3.63) is 69.4 Å². The third-order valence-corrected chi connectivity index (χ3v) is 4.31. The lowest BCUT2D eigenvalue weighted by molar-refractivity contribution is 0.0352. The highest BCUT2D eigenvalue weighted by Gasteiger charge is 2.23. The minimum Gasteiger partial charge on any atom is -0.373 e. The zero-order valence-electron chi connectivity index (χ0n) is 11.3. The zero-order valence-corrected chi connectivity index (χ0v) is 12.9. The second kappa shape index (κ2) is 6.08. The van der Waals surface area contributed by atoms with Crippen LogP contribution in [-0.4, -0.2) is 12.4 Å². The first kappa shape index (κ1) is 14.4. The average molecular weight is 349 g/mol. The Hall–Kier alpha value is -1.52. The second-order valence-electron chi connectivity index (χ2n) is 5.06. The molecule has 4 heteroatoms. The molecule has 2 aromatic rings. The summed E-state index contributed by atoms with van der Waals surface area (Å²) in [6, 6.07) is 12.4. The Kier molecular flexibility index (Phi) is 4.17. The molecule has 0 aliphatic carbocycles. The van der Waals surface area contributed by atoms with E-state index in [1.54, 1.807) is 0 Å². The molecule has 0 N–H and O–H groups in total. The van der Waals surface area contributed by atoms with E-state index < -0.39 is 0 Å². The smallest absolute Gasteiger partial charge is 0.165 e. The molecule has 1 unspecified atom stereocenters. The molecule has 1 aliphatic rings. The third-order valence-electron chi connectivity index (χ3n) is 3.70. The summed E-state index contributed by atoms with van der Waals surface area (Å²) in [5.41, 5.74) is 2.81. The van der Waals surface area contributed by atoms with Gasteiger partial charge in [-0.3, -0.25) is 4.79 Å². The molecule has 3 rings (SSSR count). The van der Waals surface area contributed by atoms with Crippen molar-refractivity contribution < 1.29 is 13.9 Å². The Bertz CT molecular complexity index is 684. The van der Waals surface area contributed by atoms with E-state index in [9.17, 15) is 9.18 Å². The Labute approximate surface area is 131 Å². The molecule has 0 saturated carbocycles. The van der Waals surface area contributed by atoms with Crippen LogP contribution in [0.5, 0.6) is 0 Å². The first-order valence-corrected chi connectivity index (χ1v) is 7.62. The molecule has 0 amide bonds. The number of ketones is 1. The summed E-state index contributed by atoms with van der Waals surface area (Å²) < 4.78 is 19.3. The van der Waals surface area contributed by atoms with Crippen molar-refractivity contribution in [1.29, 1.82) is 0 Å². The van der Waals surface area contributed by atoms with Crippen LogP contribution in [0.4, 0.5) is 4.39 Å². The summed E-state index contributed by atoms with van der Waals surface area (Å²) in [5.74, 6) is -0.414. The van der Waals surface area contributed by atoms with Gasteiger partial charge in [0.1, 0.15) is 5.82 Å². The summed E-state index contributed by atoms with van der Waals surface area (Å²) in [6.07, 6.45) is 0.934. The molecule has 0 bridgehead atoms. The van der Waals surface area contributed by atoms with E-state index in [0.717, 1.165) is 12.0 Å². The largest absolute Gasteiger partial charge is 0.373 e. The van der Waals surface area contributed by atoms with E-state index in [0.29, 0.717) is 16.6 Å². The Balaban J connectivity index is 1.81. The molecule has 0 fully saturated rings. The van der Waals surface area contributed by atoms with Crippen LogP contribution < -0.4 is 0 Å². The lowest BCUT2D eigenvalue weighted by Crippen LogP contribution is -2.19. The quantitative estimate of drug-likeness (QED) is 0.764. The van der Waals surface area contributed by atoms with Gasteiger partial charge in [0.25, 0.3) is 0 Å². The number of rotatable bonds is 3. The fourth-order valence-electron chi connectivity index (χ4n) is 2.60. The molecule has 108 valence electrons. The van der Waals surface area contributed by atoms with Gasteiger partial charge in [-0.2, -0.15) is 0 Å². The number of hydrogen-bond donors (Lipinski definition) is 0. The maximum Gasteiger partial charge on any atom is 0.165 e. The van der Waals surface area contributed by atoms with Crippen LogP contribution >= 0.6 is 15.9 Å². The van der Waals surface area contributed by atoms with Crippen LogP contribution in [0.15, 0.2) is 46.9 Å². The molecule has 2 nitrogen and oxygen atoms in total. The van der Waals surface area contributed by atoms with Crippen molar-refractivity contribution >= 4 is 21.7 Å². The number of Topliss-reactive ketones (excluding diaryl/α,β-unsaturated/α-hetero) is 1. The maximum atomic E-state index is 13.2. The van der Waals surface area contributed by atoms with Crippen LogP contribution in [-0.2, 0) is 11.2 Å². The van der Waals surface area contributed by atoms with Crippen molar-refractivity contribution in [1.82, 2.24) is 0 Å². The molecule has 0 spiro atoms. The molecule has 1 heterocycles. The number of hydrogen-bond acceptors (Lipinski definition) is 2. The number of halogens is 2. The first-order valence-electron chi connectivity index (χ1n) is 6.83. The van der Waals surface area contributed by atoms with Gasteiger partial charge in [0.2, 0.25) is 0 Å². The van der Waals surface area contributed by atoms with Gasteiger partial charge >= 0.3 is 0 Å². The van der Waals surface area contributed by atoms with Crippen molar-refractivity contribution in [2.75, 3.05) is 6.61 Å². The van der Waals surface area contributed by atoms with Gasteiger partial charge in [0.05, 0.1) is 17.2 Å². The molecule has 2 aromatic carbocycles. The molecule has 0 saturated heterocycles. The van der Waals surface area contributed by atoms with E-state index >= 15 is 0 Å². The molecule has 0 aromatic heterocycles. The Morgan fingerprint density at radius 2 is 2.10 bits per heavy atom. The third kappa shape index (κ3) is 3.06. The standard InChI is InChI=1S/C17H14BrFO2/c18-14-9-12(5-6-15(14)19)16(20)10-17-13-4-2-1-3-11(13)7-8-21-17/h1-6,9,17H,7-8,10H2. The molecular weight excluding hydrogens is 335 g/mol. The summed E-state index contributed by atoms with van der Waals surface area (Å²) >= 11 is 3.11. The molecule has 0 radical (unpaired) electrons. The molecule has 1 atom stereocenters. The van der Waals surface area contributed by atoms with Crippen LogP contribution in [0.1, 0.15) is 34.0 Å². The van der Waals surface area contributed by atoms with Gasteiger partial charge in [-0.25, -0.2) is 4.39 Å². The van der Waals surface area contributed by atoms with E-state index in [2.05, 4.69) is 22.0 Å². The zero-order chi connectivity index (χ0) is 14.8. The SMILES string of the molecule is O=C(CC1OCCc2ccccc21)c1ccc(F)c(Br)c1. The number of fused-ring (bicyclic) bond motifs is 1. The molecular formula is C17H14BrFO2. The minimum atomic E-state index is -0.370. The number of ether oxygens (including phenoxy) is 1. The Morgan fingerprint density at radius 1 is 1.29 bits per heavy atom. The fraction of sp³-hybridized carbons (Fsp3) is 0.235. The summed E-state index contributed by atoms with van der Waals surface area (Å²) in [5, 5.41) is 0. The highest BCUT2D eigenvalue weighted by atomic mass is 79.9. The van der Waals surface area contributed by atoms with Gasteiger partial charge < -0.3 is 4.74 Å². The van der Waals surface area contributed by atoms with Crippen molar-refractivity contribution in [3.63, 3.8) is 0 Å². The topological polar surface area (TPSA) is 26.3 Å². The Morgan fingerprint density at radius 3 is 2.90 bits per heavy atom. The highest BCUT2D eigenvalue weighted by Crippen LogP contribution is 2.31. The van der Waals surface area contributed by atoms with Gasteiger partial charge in [-0.15, -0.1) is 0 Å². The van der Waals surface area contributed by atoms with E-state index in [1.165, 1.54) is 23.8 Å². The normalized spacial score (nSPS) is 17.3. The lowest BCUT2D eigenvalue weighted by Gasteiger charge is -2.25. The van der Waals surface area contributed by atoms with Crippen molar-refractivity contribution in [2.24, 2.45) is 0 Å². The highest BCUT2D eigenvalue weighted by molar-refractivity contribution is 9.10. The predicted octanol–water partition coefficient (Wildman–Crippen LogP) is 4.48. The second-order valence-corrected chi connectivity index (χ2v) is 5.92. The van der Waals surface area contributed by atoms with Crippen LogP contribution in [0.25, 0.3) is 0 Å². The van der Waals surface area contributed by atoms with Crippen LogP contribution in [0.3, 0.4) is 0 Å². The van der Waals surface area contributed by atoms with Crippen LogP contribution in [0.2, 0.25) is 0 Å². The average Bonchev–Trinajstić information content (AvgIpc) is 2.50.